The number of anilines is 1. The van der Waals surface area contributed by atoms with Gasteiger partial charge in [0.15, 0.2) is 0 Å². The Hall–Kier alpha value is -3.84. The van der Waals surface area contributed by atoms with Crippen molar-refractivity contribution in [1.29, 1.82) is 0 Å². The van der Waals surface area contributed by atoms with E-state index in [-0.39, 0.29) is 0 Å². The predicted octanol–water partition coefficient (Wildman–Crippen LogP) is 4.36. The summed E-state index contributed by atoms with van der Waals surface area (Å²) in [5.41, 5.74) is 6.71. The van der Waals surface area contributed by atoms with Crippen LogP contribution in [0.4, 0.5) is 5.69 Å². The number of carboxylic acids is 2. The largest absolute Gasteiger partial charge is 0.489 e. The number of nitrogens with zero attached hydrogens (tertiary/aromatic N) is 2. The summed E-state index contributed by atoms with van der Waals surface area (Å²) in [6.45, 7) is 10.4. The standard InChI is InChI=1S/C26H30N2O.C2H2O4/c1-21-7-6-10-26(22(21)2)28-17-15-27(16-18-28)19-23-11-13-25(14-12-23)29-20-24-8-4-3-5-9-24;3-1(4)2(5)6/h3-14H,15-20H2,1-2H3;(H,3,4)(H,5,6). The zero-order valence-electron chi connectivity index (χ0n) is 20.2. The first-order valence-electron chi connectivity index (χ1n) is 11.6. The van der Waals surface area contributed by atoms with Gasteiger partial charge in [0, 0.05) is 38.4 Å². The number of benzene rings is 3. The summed E-state index contributed by atoms with van der Waals surface area (Å²) in [5.74, 6) is -2.72. The Kier molecular flexibility index (Phi) is 9.26. The van der Waals surface area contributed by atoms with Crippen LogP contribution >= 0.6 is 0 Å². The minimum Gasteiger partial charge on any atom is -0.489 e. The van der Waals surface area contributed by atoms with E-state index in [1.807, 2.05) is 18.2 Å². The molecule has 0 amide bonds. The molecule has 0 aliphatic carbocycles. The molecule has 0 bridgehead atoms. The molecule has 0 saturated carbocycles. The highest BCUT2D eigenvalue weighted by Gasteiger charge is 2.18. The van der Waals surface area contributed by atoms with E-state index in [9.17, 15) is 0 Å². The highest BCUT2D eigenvalue weighted by molar-refractivity contribution is 6.27. The Morgan fingerprint density at radius 1 is 0.771 bits per heavy atom. The SMILES string of the molecule is Cc1cccc(N2CCN(Cc3ccc(OCc4ccccc4)cc3)CC2)c1C.O=C(O)C(=O)O. The lowest BCUT2D eigenvalue weighted by molar-refractivity contribution is -0.159. The van der Waals surface area contributed by atoms with Crippen molar-refractivity contribution >= 4 is 17.6 Å². The Morgan fingerprint density at radius 3 is 2.00 bits per heavy atom. The van der Waals surface area contributed by atoms with Crippen LogP contribution in [0, 0.1) is 13.8 Å². The van der Waals surface area contributed by atoms with Gasteiger partial charge in [-0.05, 0) is 54.3 Å². The third kappa shape index (κ3) is 7.86. The molecule has 3 aromatic carbocycles. The van der Waals surface area contributed by atoms with Gasteiger partial charge in [-0.25, -0.2) is 9.59 Å². The molecule has 0 aromatic heterocycles. The van der Waals surface area contributed by atoms with E-state index in [4.69, 9.17) is 24.5 Å². The smallest absolute Gasteiger partial charge is 0.414 e. The number of aryl methyl sites for hydroxylation is 1. The molecular formula is C28H32N2O5. The summed E-state index contributed by atoms with van der Waals surface area (Å²) in [4.78, 5) is 23.3. The second-order valence-corrected chi connectivity index (χ2v) is 8.51. The maximum Gasteiger partial charge on any atom is 0.414 e. The van der Waals surface area contributed by atoms with E-state index in [0.29, 0.717) is 6.61 Å². The van der Waals surface area contributed by atoms with Crippen LogP contribution in [0.15, 0.2) is 72.8 Å². The molecule has 0 radical (unpaired) electrons. The third-order valence-corrected chi connectivity index (χ3v) is 6.05. The van der Waals surface area contributed by atoms with E-state index in [2.05, 4.69) is 78.2 Å². The number of aliphatic carboxylic acids is 2. The summed E-state index contributed by atoms with van der Waals surface area (Å²) in [6.07, 6.45) is 0. The number of piperazine rings is 1. The molecule has 1 aliphatic heterocycles. The first-order valence-corrected chi connectivity index (χ1v) is 11.6. The van der Waals surface area contributed by atoms with Gasteiger partial charge < -0.3 is 19.8 Å². The van der Waals surface area contributed by atoms with Crippen LogP contribution < -0.4 is 9.64 Å². The monoisotopic (exact) mass is 476 g/mol. The highest BCUT2D eigenvalue weighted by Crippen LogP contribution is 2.24. The van der Waals surface area contributed by atoms with E-state index >= 15 is 0 Å². The molecule has 1 heterocycles. The number of rotatable bonds is 6. The van der Waals surface area contributed by atoms with Gasteiger partial charge in [0.1, 0.15) is 12.4 Å². The fourth-order valence-corrected chi connectivity index (χ4v) is 3.92. The van der Waals surface area contributed by atoms with Crippen molar-refractivity contribution in [2.75, 3.05) is 31.1 Å². The Balaban J connectivity index is 0.000000509. The van der Waals surface area contributed by atoms with Crippen LogP contribution in [-0.2, 0) is 22.7 Å². The molecule has 184 valence electrons. The maximum absolute atomic E-state index is 9.10. The highest BCUT2D eigenvalue weighted by atomic mass is 16.5. The van der Waals surface area contributed by atoms with Crippen LogP contribution in [0.25, 0.3) is 0 Å². The molecule has 4 rings (SSSR count). The van der Waals surface area contributed by atoms with Crippen molar-refractivity contribution in [3.05, 3.63) is 95.1 Å². The van der Waals surface area contributed by atoms with Crippen LogP contribution in [-0.4, -0.2) is 53.2 Å². The average Bonchev–Trinajstić information content (AvgIpc) is 2.87. The second-order valence-electron chi connectivity index (χ2n) is 8.51. The van der Waals surface area contributed by atoms with Crippen molar-refractivity contribution in [3.8, 4) is 5.75 Å². The first-order chi connectivity index (χ1) is 16.8. The van der Waals surface area contributed by atoms with Crippen molar-refractivity contribution in [1.82, 2.24) is 4.90 Å². The van der Waals surface area contributed by atoms with Gasteiger partial charge >= 0.3 is 11.9 Å². The number of ether oxygens (including phenoxy) is 1. The van der Waals surface area contributed by atoms with E-state index in [1.165, 1.54) is 27.9 Å². The van der Waals surface area contributed by atoms with E-state index in [0.717, 1.165) is 38.5 Å². The lowest BCUT2D eigenvalue weighted by atomic mass is 10.1. The van der Waals surface area contributed by atoms with Gasteiger partial charge in [0.05, 0.1) is 0 Å². The fourth-order valence-electron chi connectivity index (χ4n) is 3.92. The molecule has 0 unspecified atom stereocenters. The topological polar surface area (TPSA) is 90.3 Å². The zero-order valence-corrected chi connectivity index (χ0v) is 20.2. The molecule has 1 saturated heterocycles. The number of carboxylic acid groups (broad SMARTS) is 2. The Labute approximate surface area is 206 Å². The van der Waals surface area contributed by atoms with Gasteiger partial charge in [-0.2, -0.15) is 0 Å². The zero-order chi connectivity index (χ0) is 25.2. The van der Waals surface area contributed by atoms with Crippen molar-refractivity contribution < 1.29 is 24.5 Å². The molecule has 7 nitrogen and oxygen atoms in total. The molecule has 0 spiro atoms. The molecule has 3 aromatic rings. The summed E-state index contributed by atoms with van der Waals surface area (Å²) in [6, 6.07) is 25.5. The molecule has 0 atom stereocenters. The Morgan fingerprint density at radius 2 is 1.40 bits per heavy atom. The van der Waals surface area contributed by atoms with Crippen molar-refractivity contribution in [2.24, 2.45) is 0 Å². The maximum atomic E-state index is 9.10. The summed E-state index contributed by atoms with van der Waals surface area (Å²) in [7, 11) is 0. The van der Waals surface area contributed by atoms with Crippen LogP contribution in [0.1, 0.15) is 22.3 Å². The Bertz CT molecular complexity index is 1100. The lowest BCUT2D eigenvalue weighted by Crippen LogP contribution is -2.46. The predicted molar refractivity (Wildman–Crippen MR) is 136 cm³/mol. The number of carbonyl (C=O) groups is 2. The summed E-state index contributed by atoms with van der Waals surface area (Å²) >= 11 is 0. The summed E-state index contributed by atoms with van der Waals surface area (Å²) in [5, 5.41) is 14.8. The van der Waals surface area contributed by atoms with Gasteiger partial charge in [0.2, 0.25) is 0 Å². The van der Waals surface area contributed by atoms with Crippen molar-refractivity contribution in [3.63, 3.8) is 0 Å². The molecule has 7 heteroatoms. The molecule has 2 N–H and O–H groups in total. The van der Waals surface area contributed by atoms with Gasteiger partial charge in [0.25, 0.3) is 0 Å². The third-order valence-electron chi connectivity index (χ3n) is 6.05. The van der Waals surface area contributed by atoms with Crippen molar-refractivity contribution in [2.45, 2.75) is 27.0 Å². The number of hydrogen-bond acceptors (Lipinski definition) is 5. The van der Waals surface area contributed by atoms with Gasteiger partial charge in [-0.3, -0.25) is 4.90 Å². The second kappa shape index (κ2) is 12.6. The molecule has 1 fully saturated rings. The molecule has 1 aliphatic rings. The quantitative estimate of drug-likeness (QED) is 0.511. The first kappa shape index (κ1) is 25.8. The minimum absolute atomic E-state index is 0.612. The van der Waals surface area contributed by atoms with Crippen LogP contribution in [0.2, 0.25) is 0 Å². The molecular weight excluding hydrogens is 444 g/mol. The van der Waals surface area contributed by atoms with E-state index < -0.39 is 11.9 Å². The van der Waals surface area contributed by atoms with Crippen LogP contribution in [0.3, 0.4) is 0 Å². The van der Waals surface area contributed by atoms with Crippen LogP contribution in [0.5, 0.6) is 5.75 Å². The normalized spacial score (nSPS) is 13.5. The fraction of sp³-hybridized carbons (Fsp3) is 0.286. The lowest BCUT2D eigenvalue weighted by Gasteiger charge is -2.37. The number of hydrogen-bond donors (Lipinski definition) is 2. The van der Waals surface area contributed by atoms with Gasteiger partial charge in [-0.1, -0.05) is 54.6 Å². The summed E-state index contributed by atoms with van der Waals surface area (Å²) < 4.78 is 5.90. The average molecular weight is 477 g/mol. The minimum atomic E-state index is -1.82. The van der Waals surface area contributed by atoms with Gasteiger partial charge in [-0.15, -0.1) is 0 Å². The van der Waals surface area contributed by atoms with E-state index in [1.54, 1.807) is 0 Å². The molecule has 35 heavy (non-hydrogen) atoms.